The second kappa shape index (κ2) is 10.8. The number of ether oxygens (including phenoxy) is 1. The molecule has 12 heteroatoms. The van der Waals surface area contributed by atoms with Crippen LogP contribution in [0.15, 0.2) is 52.2 Å². The van der Waals surface area contributed by atoms with Gasteiger partial charge in [0.05, 0.1) is 22.2 Å². The first-order chi connectivity index (χ1) is 16.7. The fraction of sp³-hybridized carbons (Fsp3) is 0.261. The van der Waals surface area contributed by atoms with Crippen molar-refractivity contribution in [2.45, 2.75) is 23.8 Å². The number of allylic oxidation sites excluding steroid dienone is 1. The van der Waals surface area contributed by atoms with Crippen molar-refractivity contribution in [1.29, 1.82) is 0 Å². The summed E-state index contributed by atoms with van der Waals surface area (Å²) in [5.41, 5.74) is 2.99. The molecule has 1 aliphatic rings. The summed E-state index contributed by atoms with van der Waals surface area (Å²) in [6.45, 7) is 0.101. The van der Waals surface area contributed by atoms with E-state index in [1.165, 1.54) is 34.4 Å². The number of nitrogens with zero attached hydrogens (tertiary/aromatic N) is 1. The number of rotatable bonds is 8. The number of anilines is 1. The molecule has 186 valence electrons. The van der Waals surface area contributed by atoms with E-state index in [4.69, 9.17) is 27.9 Å². The van der Waals surface area contributed by atoms with E-state index in [0.717, 1.165) is 30.5 Å². The van der Waals surface area contributed by atoms with Crippen molar-refractivity contribution in [1.82, 2.24) is 10.3 Å². The van der Waals surface area contributed by atoms with Crippen LogP contribution in [0.3, 0.4) is 0 Å². The Morgan fingerprint density at radius 1 is 1.17 bits per heavy atom. The maximum atomic E-state index is 14.8. The van der Waals surface area contributed by atoms with Gasteiger partial charge in [0.25, 0.3) is 10.0 Å². The minimum absolute atomic E-state index is 0.00108. The first-order valence-electron chi connectivity index (χ1n) is 10.5. The lowest BCUT2D eigenvalue weighted by Gasteiger charge is -2.33. The lowest BCUT2D eigenvalue weighted by atomic mass is 9.80. The summed E-state index contributed by atoms with van der Waals surface area (Å²) < 4.78 is 62.2. The van der Waals surface area contributed by atoms with Crippen LogP contribution in [0.5, 0.6) is 5.75 Å². The van der Waals surface area contributed by atoms with Gasteiger partial charge in [-0.2, -0.15) is 0 Å². The molecule has 0 radical (unpaired) electrons. The average molecular weight is 560 g/mol. The standard InChI is InChI=1S/C23H21Cl2F2N3O3S2/c1-28-20-4-2-3-14(13-5-6-16(24)18(26)7-13)15(20)10-33-21-9-19(27)22(8-17(21)25)35(31,32)30-23-11-34-12-29-23/h3,5-9,11-12,15,20,28,30H,2,4,10H2,1H3. The second-order valence-corrected chi connectivity index (χ2v) is 11.1. The minimum atomic E-state index is -4.24. The van der Waals surface area contributed by atoms with Gasteiger partial charge in [-0.1, -0.05) is 35.3 Å². The molecule has 1 aromatic heterocycles. The second-order valence-electron chi connectivity index (χ2n) is 7.87. The van der Waals surface area contributed by atoms with E-state index >= 15 is 0 Å². The largest absolute Gasteiger partial charge is 0.491 e. The maximum Gasteiger partial charge on any atom is 0.266 e. The van der Waals surface area contributed by atoms with Gasteiger partial charge in [0.2, 0.25) is 0 Å². The number of aromatic nitrogens is 1. The summed E-state index contributed by atoms with van der Waals surface area (Å²) in [4.78, 5) is 3.22. The molecule has 1 aliphatic carbocycles. The summed E-state index contributed by atoms with van der Waals surface area (Å²) in [5.74, 6) is -1.66. The van der Waals surface area contributed by atoms with E-state index in [1.807, 2.05) is 13.1 Å². The van der Waals surface area contributed by atoms with Crippen molar-refractivity contribution in [2.24, 2.45) is 5.92 Å². The highest BCUT2D eigenvalue weighted by atomic mass is 35.5. The SMILES string of the molecule is CNC1CCC=C(c2ccc(Cl)c(F)c2)C1COc1cc(F)c(S(=O)(=O)Nc2cscn2)cc1Cl. The van der Waals surface area contributed by atoms with Crippen molar-refractivity contribution in [3.8, 4) is 5.75 Å². The molecule has 0 aliphatic heterocycles. The van der Waals surface area contributed by atoms with Crippen LogP contribution in [0.2, 0.25) is 10.0 Å². The third-order valence-corrected chi connectivity index (χ3v) is 8.27. The highest BCUT2D eigenvalue weighted by Gasteiger charge is 2.30. The van der Waals surface area contributed by atoms with Crippen molar-refractivity contribution in [3.63, 3.8) is 0 Å². The molecule has 2 unspecified atom stereocenters. The van der Waals surface area contributed by atoms with Gasteiger partial charge in [0.15, 0.2) is 5.82 Å². The number of sulfonamides is 1. The van der Waals surface area contributed by atoms with Crippen molar-refractivity contribution in [3.05, 3.63) is 74.5 Å². The summed E-state index contributed by atoms with van der Waals surface area (Å²) in [5, 5.41) is 4.70. The van der Waals surface area contributed by atoms with Crippen molar-refractivity contribution < 1.29 is 21.9 Å². The number of benzene rings is 2. The Bertz CT molecular complexity index is 1350. The van der Waals surface area contributed by atoms with E-state index < -0.39 is 26.6 Å². The van der Waals surface area contributed by atoms with Gasteiger partial charge >= 0.3 is 0 Å². The zero-order chi connectivity index (χ0) is 25.2. The number of hydrogen-bond acceptors (Lipinski definition) is 6. The Labute approximate surface area is 216 Å². The molecule has 2 aromatic carbocycles. The molecule has 0 amide bonds. The Kier molecular flexibility index (Phi) is 7.97. The van der Waals surface area contributed by atoms with E-state index in [9.17, 15) is 17.2 Å². The topological polar surface area (TPSA) is 80.3 Å². The molecule has 0 fully saturated rings. The Morgan fingerprint density at radius 2 is 1.97 bits per heavy atom. The molecule has 0 spiro atoms. The van der Waals surface area contributed by atoms with Crippen LogP contribution in [0, 0.1) is 17.6 Å². The first-order valence-corrected chi connectivity index (χ1v) is 13.7. The number of nitrogens with one attached hydrogen (secondary N) is 2. The Balaban J connectivity index is 1.57. The zero-order valence-corrected chi connectivity index (χ0v) is 21.5. The fourth-order valence-electron chi connectivity index (χ4n) is 4.01. The monoisotopic (exact) mass is 559 g/mol. The van der Waals surface area contributed by atoms with Crippen molar-refractivity contribution in [2.75, 3.05) is 18.4 Å². The Morgan fingerprint density at radius 3 is 2.66 bits per heavy atom. The summed E-state index contributed by atoms with van der Waals surface area (Å²) >= 11 is 13.3. The summed E-state index contributed by atoms with van der Waals surface area (Å²) in [6, 6.07) is 6.58. The molecule has 0 bridgehead atoms. The number of halogens is 4. The van der Waals surface area contributed by atoms with E-state index in [-0.39, 0.29) is 40.2 Å². The van der Waals surface area contributed by atoms with E-state index in [1.54, 1.807) is 6.07 Å². The van der Waals surface area contributed by atoms with Gasteiger partial charge in [0, 0.05) is 23.4 Å². The predicted octanol–water partition coefficient (Wildman–Crippen LogP) is 5.99. The quantitative estimate of drug-likeness (QED) is 0.354. The highest BCUT2D eigenvalue weighted by Crippen LogP contribution is 2.36. The minimum Gasteiger partial charge on any atom is -0.491 e. The van der Waals surface area contributed by atoms with E-state index in [2.05, 4.69) is 15.0 Å². The molecular formula is C23H21Cl2F2N3O3S2. The van der Waals surface area contributed by atoms with Gasteiger partial charge in [-0.25, -0.2) is 22.2 Å². The lowest BCUT2D eigenvalue weighted by molar-refractivity contribution is 0.239. The maximum absolute atomic E-state index is 14.8. The molecule has 4 rings (SSSR count). The van der Waals surface area contributed by atoms with Crippen LogP contribution in [0.1, 0.15) is 18.4 Å². The van der Waals surface area contributed by atoms with Gasteiger partial charge in [-0.05, 0) is 49.2 Å². The summed E-state index contributed by atoms with van der Waals surface area (Å²) in [7, 11) is -2.42. The van der Waals surface area contributed by atoms with Crippen LogP contribution in [-0.2, 0) is 10.0 Å². The third-order valence-electron chi connectivity index (χ3n) is 5.72. The predicted molar refractivity (Wildman–Crippen MR) is 135 cm³/mol. The molecule has 6 nitrogen and oxygen atoms in total. The van der Waals surface area contributed by atoms with E-state index in [0.29, 0.717) is 5.56 Å². The lowest BCUT2D eigenvalue weighted by Crippen LogP contribution is -2.39. The smallest absolute Gasteiger partial charge is 0.266 e. The number of thiazole rings is 1. The van der Waals surface area contributed by atoms with Gasteiger partial charge in [-0.15, -0.1) is 11.3 Å². The molecule has 3 aromatic rings. The number of hydrogen-bond donors (Lipinski definition) is 2. The molecule has 0 saturated heterocycles. The first kappa shape index (κ1) is 25.8. The average Bonchev–Trinajstić information content (AvgIpc) is 3.33. The molecular weight excluding hydrogens is 539 g/mol. The molecule has 35 heavy (non-hydrogen) atoms. The normalized spacial score (nSPS) is 18.3. The van der Waals surface area contributed by atoms with Crippen LogP contribution in [-0.4, -0.2) is 33.1 Å². The third kappa shape index (κ3) is 5.78. The fourth-order valence-corrected chi connectivity index (χ4v) is 6.05. The van der Waals surface area contributed by atoms with Gasteiger partial charge in [-0.3, -0.25) is 4.72 Å². The van der Waals surface area contributed by atoms with Crippen LogP contribution in [0.25, 0.3) is 5.57 Å². The molecule has 0 saturated carbocycles. The zero-order valence-electron chi connectivity index (χ0n) is 18.4. The van der Waals surface area contributed by atoms with Crippen LogP contribution >= 0.6 is 34.5 Å². The summed E-state index contributed by atoms with van der Waals surface area (Å²) in [6.07, 6.45) is 3.63. The van der Waals surface area contributed by atoms with Gasteiger partial charge < -0.3 is 10.1 Å². The Hall–Kier alpha value is -2.24. The van der Waals surface area contributed by atoms with Crippen LogP contribution in [0.4, 0.5) is 14.6 Å². The molecule has 2 atom stereocenters. The highest BCUT2D eigenvalue weighted by molar-refractivity contribution is 7.92. The van der Waals surface area contributed by atoms with Gasteiger partial charge in [0.1, 0.15) is 22.3 Å². The van der Waals surface area contributed by atoms with Crippen LogP contribution < -0.4 is 14.8 Å². The van der Waals surface area contributed by atoms with Crippen molar-refractivity contribution >= 4 is 56.0 Å². The molecule has 1 heterocycles. The molecule has 2 N–H and O–H groups in total.